The zero-order chi connectivity index (χ0) is 22.8. The summed E-state index contributed by atoms with van der Waals surface area (Å²) in [6, 6.07) is 12.6. The normalized spacial score (nSPS) is 11.1. The number of hydrogen-bond acceptors (Lipinski definition) is 7. The number of rotatable bonds is 7. The average molecular weight is 443 g/mol. The van der Waals surface area contributed by atoms with Crippen LogP contribution in [0.5, 0.6) is 5.75 Å². The Morgan fingerprint density at radius 1 is 1.21 bits per heavy atom. The number of nitrogens with one attached hydrogen (secondary N) is 1. The quantitative estimate of drug-likeness (QED) is 0.410. The largest absolute Gasteiger partial charge is 0.492 e. The Balaban J connectivity index is 1.40. The molecule has 0 unspecified atom stereocenters. The van der Waals surface area contributed by atoms with Crippen LogP contribution in [0.1, 0.15) is 16.1 Å². The Morgan fingerprint density at radius 3 is 2.91 bits per heavy atom. The van der Waals surface area contributed by atoms with Crippen molar-refractivity contribution in [3.8, 4) is 17.2 Å². The minimum Gasteiger partial charge on any atom is -0.492 e. The standard InChI is InChI=1S/C23H21N7O3/c1-15-21-18(12-19(20-7-4-9-33-20)27-22(21)29(2)28-15)23(31)26-16-5-3-6-17(11-16)32-10-8-30-14-24-13-25-30/h3-7,9,11-14H,8,10H2,1-2H3,(H,26,31). The van der Waals surface area contributed by atoms with Crippen molar-refractivity contribution in [1.82, 2.24) is 29.5 Å². The number of anilines is 1. The molecule has 0 fully saturated rings. The molecule has 4 aromatic heterocycles. The molecular weight excluding hydrogens is 422 g/mol. The first-order valence-electron chi connectivity index (χ1n) is 10.3. The molecule has 166 valence electrons. The van der Waals surface area contributed by atoms with Gasteiger partial charge in [-0.3, -0.25) is 9.48 Å². The van der Waals surface area contributed by atoms with Gasteiger partial charge in [0, 0.05) is 18.8 Å². The molecule has 0 aliphatic heterocycles. The van der Waals surface area contributed by atoms with Crippen molar-refractivity contribution in [3.63, 3.8) is 0 Å². The molecule has 1 amide bonds. The minimum atomic E-state index is -0.272. The molecule has 10 heteroatoms. The Labute approximate surface area is 188 Å². The van der Waals surface area contributed by atoms with E-state index in [2.05, 4.69) is 25.5 Å². The molecule has 0 aliphatic carbocycles. The number of aromatic nitrogens is 6. The van der Waals surface area contributed by atoms with Crippen LogP contribution in [0.15, 0.2) is 65.8 Å². The third-order valence-electron chi connectivity index (χ3n) is 5.13. The van der Waals surface area contributed by atoms with E-state index in [-0.39, 0.29) is 5.91 Å². The average Bonchev–Trinajstić information content (AvgIpc) is 3.57. The lowest BCUT2D eigenvalue weighted by Crippen LogP contribution is -2.13. The fourth-order valence-electron chi connectivity index (χ4n) is 3.64. The van der Waals surface area contributed by atoms with Crippen LogP contribution in [0, 0.1) is 6.92 Å². The van der Waals surface area contributed by atoms with Gasteiger partial charge in [-0.1, -0.05) is 6.07 Å². The number of nitrogens with zero attached hydrogens (tertiary/aromatic N) is 6. The molecule has 5 aromatic rings. The van der Waals surface area contributed by atoms with Gasteiger partial charge in [-0.05, 0) is 37.3 Å². The summed E-state index contributed by atoms with van der Waals surface area (Å²) in [6.07, 6.45) is 4.68. The summed E-state index contributed by atoms with van der Waals surface area (Å²) < 4.78 is 14.6. The zero-order valence-electron chi connectivity index (χ0n) is 18.1. The van der Waals surface area contributed by atoms with E-state index in [1.54, 1.807) is 53.3 Å². The summed E-state index contributed by atoms with van der Waals surface area (Å²) in [5, 5.41) is 12.2. The molecule has 0 bridgehead atoms. The molecular formula is C23H21N7O3. The van der Waals surface area contributed by atoms with Gasteiger partial charge in [0.05, 0.1) is 29.5 Å². The topological polar surface area (TPSA) is 113 Å². The van der Waals surface area contributed by atoms with E-state index in [0.29, 0.717) is 52.6 Å². The van der Waals surface area contributed by atoms with Gasteiger partial charge in [0.1, 0.15) is 30.7 Å². The predicted octanol–water partition coefficient (Wildman–Crippen LogP) is 3.46. The van der Waals surface area contributed by atoms with Crippen molar-refractivity contribution in [1.29, 1.82) is 0 Å². The molecule has 1 aromatic carbocycles. The summed E-state index contributed by atoms with van der Waals surface area (Å²) in [4.78, 5) is 21.9. The second-order valence-electron chi connectivity index (χ2n) is 7.43. The molecule has 0 spiro atoms. The number of amides is 1. The SMILES string of the molecule is Cc1nn(C)c2nc(-c3ccco3)cc(C(=O)Nc3cccc(OCCn4cncn4)c3)c12. The Kier molecular flexibility index (Phi) is 5.31. The summed E-state index contributed by atoms with van der Waals surface area (Å²) in [6.45, 7) is 2.85. The minimum absolute atomic E-state index is 0.272. The van der Waals surface area contributed by atoms with Gasteiger partial charge in [0.15, 0.2) is 11.4 Å². The highest BCUT2D eigenvalue weighted by molar-refractivity contribution is 6.13. The Morgan fingerprint density at radius 2 is 2.12 bits per heavy atom. The summed E-state index contributed by atoms with van der Waals surface area (Å²) >= 11 is 0. The number of aryl methyl sites for hydroxylation is 2. The van der Waals surface area contributed by atoms with E-state index in [4.69, 9.17) is 9.15 Å². The highest BCUT2D eigenvalue weighted by Gasteiger charge is 2.20. The van der Waals surface area contributed by atoms with Crippen LogP contribution in [0.25, 0.3) is 22.5 Å². The van der Waals surface area contributed by atoms with E-state index in [0.717, 1.165) is 5.69 Å². The number of hydrogen-bond donors (Lipinski definition) is 1. The lowest BCUT2D eigenvalue weighted by atomic mass is 10.1. The van der Waals surface area contributed by atoms with Crippen LogP contribution in [0.2, 0.25) is 0 Å². The molecule has 0 radical (unpaired) electrons. The van der Waals surface area contributed by atoms with Crippen LogP contribution < -0.4 is 10.1 Å². The summed E-state index contributed by atoms with van der Waals surface area (Å²) in [5.74, 6) is 0.945. The number of benzene rings is 1. The lowest BCUT2D eigenvalue weighted by Gasteiger charge is -2.11. The van der Waals surface area contributed by atoms with E-state index in [1.807, 2.05) is 25.1 Å². The predicted molar refractivity (Wildman–Crippen MR) is 121 cm³/mol. The first kappa shape index (κ1) is 20.4. The van der Waals surface area contributed by atoms with Gasteiger partial charge in [0.25, 0.3) is 5.91 Å². The monoisotopic (exact) mass is 443 g/mol. The lowest BCUT2D eigenvalue weighted by molar-refractivity contribution is 0.102. The van der Waals surface area contributed by atoms with E-state index in [1.165, 1.54) is 6.33 Å². The molecule has 5 rings (SSSR count). The van der Waals surface area contributed by atoms with Crippen molar-refractivity contribution in [2.45, 2.75) is 13.5 Å². The zero-order valence-corrected chi connectivity index (χ0v) is 18.1. The number of fused-ring (bicyclic) bond motifs is 1. The third-order valence-corrected chi connectivity index (χ3v) is 5.13. The number of furan rings is 1. The highest BCUT2D eigenvalue weighted by Crippen LogP contribution is 2.28. The molecule has 0 saturated heterocycles. The molecule has 1 N–H and O–H groups in total. The smallest absolute Gasteiger partial charge is 0.256 e. The van der Waals surface area contributed by atoms with Crippen molar-refractivity contribution >= 4 is 22.6 Å². The number of carbonyl (C=O) groups excluding carboxylic acids is 1. The van der Waals surface area contributed by atoms with Gasteiger partial charge in [0.2, 0.25) is 0 Å². The Hall–Kier alpha value is -4.47. The summed E-state index contributed by atoms with van der Waals surface area (Å²) in [5.41, 5.74) is 2.97. The molecule has 10 nitrogen and oxygen atoms in total. The molecule has 0 atom stereocenters. The van der Waals surface area contributed by atoms with Crippen LogP contribution in [-0.4, -0.2) is 42.0 Å². The molecule has 0 aliphatic rings. The number of carbonyl (C=O) groups is 1. The molecule has 4 heterocycles. The first-order chi connectivity index (χ1) is 16.1. The van der Waals surface area contributed by atoms with E-state index >= 15 is 0 Å². The summed E-state index contributed by atoms with van der Waals surface area (Å²) in [7, 11) is 1.80. The first-order valence-corrected chi connectivity index (χ1v) is 10.3. The van der Waals surface area contributed by atoms with Gasteiger partial charge in [-0.15, -0.1) is 0 Å². The number of pyridine rings is 1. The van der Waals surface area contributed by atoms with E-state index < -0.39 is 0 Å². The Bertz CT molecular complexity index is 1410. The van der Waals surface area contributed by atoms with E-state index in [9.17, 15) is 4.79 Å². The maximum atomic E-state index is 13.3. The molecule has 0 saturated carbocycles. The maximum absolute atomic E-state index is 13.3. The van der Waals surface area contributed by atoms with Crippen molar-refractivity contribution < 1.29 is 13.9 Å². The fraction of sp³-hybridized carbons (Fsp3) is 0.174. The third kappa shape index (κ3) is 4.18. The second kappa shape index (κ2) is 8.58. The fourth-order valence-corrected chi connectivity index (χ4v) is 3.64. The van der Waals surface area contributed by atoms with Crippen LogP contribution in [0.4, 0.5) is 5.69 Å². The van der Waals surface area contributed by atoms with Crippen molar-refractivity contribution in [2.75, 3.05) is 11.9 Å². The van der Waals surface area contributed by atoms with Crippen molar-refractivity contribution in [2.24, 2.45) is 7.05 Å². The van der Waals surface area contributed by atoms with Crippen LogP contribution >= 0.6 is 0 Å². The van der Waals surface area contributed by atoms with Gasteiger partial charge in [-0.25, -0.2) is 14.6 Å². The maximum Gasteiger partial charge on any atom is 0.256 e. The van der Waals surface area contributed by atoms with Gasteiger partial charge >= 0.3 is 0 Å². The molecule has 33 heavy (non-hydrogen) atoms. The van der Waals surface area contributed by atoms with Crippen molar-refractivity contribution in [3.05, 3.63) is 72.6 Å². The van der Waals surface area contributed by atoms with Crippen LogP contribution in [0.3, 0.4) is 0 Å². The van der Waals surface area contributed by atoms with Gasteiger partial charge in [-0.2, -0.15) is 10.2 Å². The van der Waals surface area contributed by atoms with Gasteiger partial charge < -0.3 is 14.5 Å². The second-order valence-corrected chi connectivity index (χ2v) is 7.43. The van der Waals surface area contributed by atoms with Crippen LogP contribution in [-0.2, 0) is 13.6 Å². The number of ether oxygens (including phenoxy) is 1. The highest BCUT2D eigenvalue weighted by atomic mass is 16.5.